The maximum Gasteiger partial charge on any atom is 0.412 e. The van der Waals surface area contributed by atoms with Crippen LogP contribution in [0.15, 0.2) is 35.1 Å². The normalized spacial score (nSPS) is 10.2. The van der Waals surface area contributed by atoms with E-state index in [0.717, 1.165) is 0 Å². The van der Waals surface area contributed by atoms with Gasteiger partial charge in [0, 0.05) is 11.5 Å². The lowest BCUT2D eigenvalue weighted by Gasteiger charge is -2.06. The zero-order valence-electron chi connectivity index (χ0n) is 9.32. The molecule has 2 aromatic rings. The molecule has 0 radical (unpaired) electrons. The van der Waals surface area contributed by atoms with Crippen molar-refractivity contribution in [3.8, 4) is 0 Å². The molecule has 0 bridgehead atoms. The van der Waals surface area contributed by atoms with Gasteiger partial charge in [-0.05, 0) is 19.1 Å². The number of pyridine rings is 1. The first-order chi connectivity index (χ1) is 8.20. The first-order valence-electron chi connectivity index (χ1n) is 5.26. The summed E-state index contributed by atoms with van der Waals surface area (Å²) >= 11 is 0. The zero-order chi connectivity index (χ0) is 12.3. The van der Waals surface area contributed by atoms with Crippen molar-refractivity contribution in [1.82, 2.24) is 4.98 Å². The van der Waals surface area contributed by atoms with Gasteiger partial charge < -0.3 is 9.72 Å². The second-order valence-electron chi connectivity index (χ2n) is 3.44. The molecule has 88 valence electrons. The van der Waals surface area contributed by atoms with Gasteiger partial charge in [0.25, 0.3) is 0 Å². The van der Waals surface area contributed by atoms with Crippen molar-refractivity contribution in [2.24, 2.45) is 0 Å². The molecule has 0 aliphatic rings. The minimum atomic E-state index is -0.585. The van der Waals surface area contributed by atoms with E-state index in [1.54, 1.807) is 25.1 Å². The molecule has 0 fully saturated rings. The zero-order valence-corrected chi connectivity index (χ0v) is 9.32. The summed E-state index contributed by atoms with van der Waals surface area (Å²) in [6.45, 7) is 1.99. The van der Waals surface area contributed by atoms with E-state index in [4.69, 9.17) is 4.74 Å². The highest BCUT2D eigenvalue weighted by molar-refractivity contribution is 5.86. The van der Waals surface area contributed by atoms with Gasteiger partial charge in [-0.3, -0.25) is 10.1 Å². The number of nitrogens with one attached hydrogen (secondary N) is 2. The van der Waals surface area contributed by atoms with Crippen LogP contribution in [0.5, 0.6) is 0 Å². The molecule has 1 aromatic carbocycles. The van der Waals surface area contributed by atoms with E-state index < -0.39 is 6.09 Å². The molecule has 5 nitrogen and oxygen atoms in total. The van der Waals surface area contributed by atoms with E-state index in [2.05, 4.69) is 10.3 Å². The maximum absolute atomic E-state index is 11.7. The fraction of sp³-hybridized carbons (Fsp3) is 0.167. The lowest BCUT2D eigenvalue weighted by Crippen LogP contribution is -2.16. The summed E-state index contributed by atoms with van der Waals surface area (Å²) in [4.78, 5) is 25.9. The number of H-pyrrole nitrogens is 1. The number of ether oxygens (including phenoxy) is 1. The molecular formula is C12H12N2O3. The first kappa shape index (κ1) is 11.2. The van der Waals surface area contributed by atoms with Crippen LogP contribution in [0.3, 0.4) is 0 Å². The van der Waals surface area contributed by atoms with E-state index >= 15 is 0 Å². The summed E-state index contributed by atoms with van der Waals surface area (Å²) in [6, 6.07) is 8.43. The van der Waals surface area contributed by atoms with Crippen LogP contribution < -0.4 is 10.7 Å². The summed E-state index contributed by atoms with van der Waals surface area (Å²) in [5.74, 6) is 0.326. The lowest BCUT2D eigenvalue weighted by molar-refractivity contribution is 0.168. The number of anilines is 1. The largest absolute Gasteiger partial charge is 0.450 e. The summed E-state index contributed by atoms with van der Waals surface area (Å²) in [5, 5.41) is 3.04. The summed E-state index contributed by atoms with van der Waals surface area (Å²) in [5.41, 5.74) is 0.526. The minimum Gasteiger partial charge on any atom is -0.450 e. The van der Waals surface area contributed by atoms with Crippen molar-refractivity contribution in [2.45, 2.75) is 6.92 Å². The van der Waals surface area contributed by atoms with Crippen molar-refractivity contribution < 1.29 is 9.53 Å². The minimum absolute atomic E-state index is 0.147. The summed E-state index contributed by atoms with van der Waals surface area (Å²) < 4.78 is 4.73. The van der Waals surface area contributed by atoms with Gasteiger partial charge in [-0.1, -0.05) is 12.1 Å². The Balaban J connectivity index is 2.37. The predicted octanol–water partition coefficient (Wildman–Crippen LogP) is 2.10. The van der Waals surface area contributed by atoms with Crippen LogP contribution in [0, 0.1) is 0 Å². The van der Waals surface area contributed by atoms with Crippen molar-refractivity contribution >= 4 is 22.8 Å². The number of rotatable bonds is 2. The molecule has 0 aliphatic heterocycles. The Hall–Kier alpha value is -2.30. The molecule has 0 atom stereocenters. The number of benzene rings is 1. The Bertz CT molecular complexity index is 604. The van der Waals surface area contributed by atoms with Crippen LogP contribution in [0.4, 0.5) is 10.6 Å². The second kappa shape index (κ2) is 4.69. The second-order valence-corrected chi connectivity index (χ2v) is 3.44. The smallest absolute Gasteiger partial charge is 0.412 e. The van der Waals surface area contributed by atoms with Crippen LogP contribution in [0.2, 0.25) is 0 Å². The fourth-order valence-corrected chi connectivity index (χ4v) is 1.54. The molecule has 1 amide bonds. The fourth-order valence-electron chi connectivity index (χ4n) is 1.54. The van der Waals surface area contributed by atoms with Crippen molar-refractivity contribution in [3.05, 3.63) is 40.6 Å². The number of fused-ring (bicyclic) bond motifs is 1. The number of para-hydroxylation sites is 1. The molecule has 0 saturated carbocycles. The van der Waals surface area contributed by atoms with Crippen LogP contribution in [0.1, 0.15) is 6.92 Å². The third kappa shape index (κ3) is 2.44. The van der Waals surface area contributed by atoms with Gasteiger partial charge in [0.05, 0.1) is 12.1 Å². The van der Waals surface area contributed by atoms with Crippen molar-refractivity contribution in [3.63, 3.8) is 0 Å². The molecule has 2 N–H and O–H groups in total. The molecule has 0 spiro atoms. The predicted molar refractivity (Wildman–Crippen MR) is 65.2 cm³/mol. The van der Waals surface area contributed by atoms with Crippen LogP contribution in [-0.2, 0) is 4.74 Å². The van der Waals surface area contributed by atoms with E-state index in [1.165, 1.54) is 6.07 Å². The molecule has 5 heteroatoms. The SMILES string of the molecule is CCOC(=O)Nc1cc(=O)c2ccccc2[nH]1. The number of amides is 1. The molecular weight excluding hydrogens is 220 g/mol. The molecule has 1 heterocycles. The van der Waals surface area contributed by atoms with E-state index in [1.807, 2.05) is 6.07 Å². The Morgan fingerprint density at radius 2 is 2.18 bits per heavy atom. The molecule has 2 rings (SSSR count). The highest BCUT2D eigenvalue weighted by Gasteiger charge is 2.05. The number of carbonyl (C=O) groups excluding carboxylic acids is 1. The number of aromatic amines is 1. The van der Waals surface area contributed by atoms with Crippen molar-refractivity contribution in [2.75, 3.05) is 11.9 Å². The van der Waals surface area contributed by atoms with E-state index in [0.29, 0.717) is 16.7 Å². The first-order valence-corrected chi connectivity index (χ1v) is 5.26. The molecule has 17 heavy (non-hydrogen) atoms. The Morgan fingerprint density at radius 1 is 1.41 bits per heavy atom. The number of hydrogen-bond acceptors (Lipinski definition) is 3. The number of aromatic nitrogens is 1. The van der Waals surface area contributed by atoms with Crippen LogP contribution >= 0.6 is 0 Å². The average Bonchev–Trinajstić information content (AvgIpc) is 2.29. The van der Waals surface area contributed by atoms with Crippen molar-refractivity contribution in [1.29, 1.82) is 0 Å². The van der Waals surface area contributed by atoms with E-state index in [9.17, 15) is 9.59 Å². The molecule has 0 unspecified atom stereocenters. The van der Waals surface area contributed by atoms with Gasteiger partial charge in [-0.15, -0.1) is 0 Å². The van der Waals surface area contributed by atoms with Gasteiger partial charge in [0.15, 0.2) is 5.43 Å². The molecule has 0 aliphatic carbocycles. The van der Waals surface area contributed by atoms with Crippen LogP contribution in [0.25, 0.3) is 10.9 Å². The van der Waals surface area contributed by atoms with Gasteiger partial charge in [0.2, 0.25) is 0 Å². The Kier molecular flexibility index (Phi) is 3.09. The Morgan fingerprint density at radius 3 is 2.94 bits per heavy atom. The van der Waals surface area contributed by atoms with Gasteiger partial charge in [-0.25, -0.2) is 4.79 Å². The van der Waals surface area contributed by atoms with Gasteiger partial charge in [-0.2, -0.15) is 0 Å². The standard InChI is InChI=1S/C12H12N2O3/c1-2-17-12(16)14-11-7-10(15)8-5-3-4-6-9(8)13-11/h3-7H,2H2,1H3,(H2,13,14,15,16). The Labute approximate surface area is 97.4 Å². The maximum atomic E-state index is 11.7. The van der Waals surface area contributed by atoms with Gasteiger partial charge >= 0.3 is 6.09 Å². The summed E-state index contributed by atoms with van der Waals surface area (Å²) in [7, 11) is 0. The molecule has 0 saturated heterocycles. The lowest BCUT2D eigenvalue weighted by atomic mass is 10.2. The molecule has 1 aromatic heterocycles. The monoisotopic (exact) mass is 232 g/mol. The highest BCUT2D eigenvalue weighted by Crippen LogP contribution is 2.10. The third-order valence-electron chi connectivity index (χ3n) is 2.25. The van der Waals surface area contributed by atoms with Gasteiger partial charge in [0.1, 0.15) is 5.82 Å². The highest BCUT2D eigenvalue weighted by atomic mass is 16.5. The quantitative estimate of drug-likeness (QED) is 0.832. The topological polar surface area (TPSA) is 71.2 Å². The number of hydrogen-bond donors (Lipinski definition) is 2. The van der Waals surface area contributed by atoms with E-state index in [-0.39, 0.29) is 12.0 Å². The number of carbonyl (C=O) groups is 1. The average molecular weight is 232 g/mol. The third-order valence-corrected chi connectivity index (χ3v) is 2.25. The summed E-state index contributed by atoms with van der Waals surface area (Å²) in [6.07, 6.45) is -0.585. The van der Waals surface area contributed by atoms with Crippen LogP contribution in [-0.4, -0.2) is 17.7 Å².